The van der Waals surface area contributed by atoms with Gasteiger partial charge in [0.15, 0.2) is 0 Å². The summed E-state index contributed by atoms with van der Waals surface area (Å²) in [4.78, 5) is 7.54. The SMILES string of the molecule is C1=c2ccc3cc4ccccc4nc3c2=C(N2CCOCC2)CC1. The summed E-state index contributed by atoms with van der Waals surface area (Å²) in [7, 11) is 0. The maximum absolute atomic E-state index is 5.55. The van der Waals surface area contributed by atoms with Crippen molar-refractivity contribution in [1.82, 2.24) is 9.88 Å². The minimum Gasteiger partial charge on any atom is -0.378 e. The van der Waals surface area contributed by atoms with Crippen LogP contribution >= 0.6 is 0 Å². The molecule has 0 N–H and O–H groups in total. The van der Waals surface area contributed by atoms with Gasteiger partial charge in [-0.05, 0) is 30.2 Å². The summed E-state index contributed by atoms with van der Waals surface area (Å²) in [5.41, 5.74) is 3.66. The lowest BCUT2D eigenvalue weighted by atomic mass is 9.99. The Balaban J connectivity index is 1.88. The van der Waals surface area contributed by atoms with E-state index in [-0.39, 0.29) is 0 Å². The number of pyridine rings is 1. The molecule has 3 aromatic rings. The molecule has 1 fully saturated rings. The molecule has 3 nitrogen and oxygen atoms in total. The van der Waals surface area contributed by atoms with Crippen LogP contribution in [0.15, 0.2) is 42.5 Å². The van der Waals surface area contributed by atoms with Crippen LogP contribution in [0.1, 0.15) is 12.8 Å². The van der Waals surface area contributed by atoms with Crippen molar-refractivity contribution in [2.45, 2.75) is 12.8 Å². The van der Waals surface area contributed by atoms with Crippen molar-refractivity contribution >= 4 is 33.6 Å². The van der Waals surface area contributed by atoms with Gasteiger partial charge in [0.1, 0.15) is 0 Å². The number of hydrogen-bond donors (Lipinski definition) is 0. The maximum atomic E-state index is 5.55. The summed E-state index contributed by atoms with van der Waals surface area (Å²) >= 11 is 0. The number of ether oxygens (including phenoxy) is 1. The number of nitrogens with zero attached hydrogens (tertiary/aromatic N) is 2. The van der Waals surface area contributed by atoms with Crippen molar-refractivity contribution in [3.8, 4) is 0 Å². The van der Waals surface area contributed by atoms with E-state index in [4.69, 9.17) is 9.72 Å². The van der Waals surface area contributed by atoms with E-state index in [2.05, 4.69) is 53.4 Å². The molecule has 0 unspecified atom stereocenters. The van der Waals surface area contributed by atoms with Crippen molar-refractivity contribution in [3.63, 3.8) is 0 Å². The number of hydrogen-bond acceptors (Lipinski definition) is 3. The van der Waals surface area contributed by atoms with Crippen molar-refractivity contribution in [2.24, 2.45) is 0 Å². The Hall–Kier alpha value is -2.39. The van der Waals surface area contributed by atoms with Crippen LogP contribution in [0.25, 0.3) is 33.6 Å². The summed E-state index contributed by atoms with van der Waals surface area (Å²) < 4.78 is 5.55. The maximum Gasteiger partial charge on any atom is 0.0805 e. The molecule has 1 saturated heterocycles. The highest BCUT2D eigenvalue weighted by atomic mass is 16.5. The average molecular weight is 316 g/mol. The second kappa shape index (κ2) is 5.60. The molecule has 1 aliphatic carbocycles. The van der Waals surface area contributed by atoms with Crippen LogP contribution < -0.4 is 10.4 Å². The Labute approximate surface area is 140 Å². The standard InChI is InChI=1S/C21H20N2O/c1-2-6-18-16(4-1)14-17-9-8-15-5-3-7-19(20(15)21(17)22-18)23-10-12-24-13-11-23/h1-2,4-6,8-9,14H,3,7,10-13H2. The first-order chi connectivity index (χ1) is 11.9. The minimum absolute atomic E-state index is 0.823. The molecule has 0 atom stereocenters. The van der Waals surface area contributed by atoms with Crippen molar-refractivity contribution in [2.75, 3.05) is 26.3 Å². The highest BCUT2D eigenvalue weighted by Gasteiger charge is 2.17. The highest BCUT2D eigenvalue weighted by molar-refractivity contribution is 5.93. The zero-order chi connectivity index (χ0) is 15.9. The molecular formula is C21H20N2O. The first-order valence-electron chi connectivity index (χ1n) is 8.75. The van der Waals surface area contributed by atoms with Gasteiger partial charge in [-0.1, -0.05) is 36.4 Å². The number of aromatic nitrogens is 1. The smallest absolute Gasteiger partial charge is 0.0805 e. The van der Waals surface area contributed by atoms with Gasteiger partial charge in [0.05, 0.1) is 24.2 Å². The van der Waals surface area contributed by atoms with Crippen LogP contribution in [0.2, 0.25) is 0 Å². The lowest BCUT2D eigenvalue weighted by molar-refractivity contribution is 0.0621. The van der Waals surface area contributed by atoms with Crippen LogP contribution in [0.4, 0.5) is 0 Å². The van der Waals surface area contributed by atoms with E-state index in [1.54, 1.807) is 0 Å². The molecule has 0 amide bonds. The van der Waals surface area contributed by atoms with Crippen molar-refractivity contribution in [1.29, 1.82) is 0 Å². The van der Waals surface area contributed by atoms with Crippen LogP contribution in [0.3, 0.4) is 0 Å². The molecule has 24 heavy (non-hydrogen) atoms. The quantitative estimate of drug-likeness (QED) is 0.645. The lowest BCUT2D eigenvalue weighted by Crippen LogP contribution is -2.42. The number of morpholine rings is 1. The molecule has 1 aliphatic heterocycles. The zero-order valence-corrected chi connectivity index (χ0v) is 13.7. The highest BCUT2D eigenvalue weighted by Crippen LogP contribution is 2.20. The van der Waals surface area contributed by atoms with Crippen LogP contribution in [0.5, 0.6) is 0 Å². The predicted molar refractivity (Wildman–Crippen MR) is 98.0 cm³/mol. The zero-order valence-electron chi connectivity index (χ0n) is 13.7. The summed E-state index contributed by atoms with van der Waals surface area (Å²) in [6, 6.07) is 15.1. The van der Waals surface area contributed by atoms with Gasteiger partial charge in [0.2, 0.25) is 0 Å². The molecule has 0 saturated carbocycles. The largest absolute Gasteiger partial charge is 0.378 e. The number of para-hydroxylation sites is 1. The summed E-state index contributed by atoms with van der Waals surface area (Å²) in [6.07, 6.45) is 4.56. The average Bonchev–Trinajstić information content (AvgIpc) is 2.66. The molecule has 120 valence electrons. The first kappa shape index (κ1) is 14.0. The monoisotopic (exact) mass is 316 g/mol. The summed E-state index contributed by atoms with van der Waals surface area (Å²) in [6.45, 7) is 3.62. The van der Waals surface area contributed by atoms with Gasteiger partial charge in [-0.15, -0.1) is 0 Å². The Morgan fingerprint density at radius 3 is 2.75 bits per heavy atom. The van der Waals surface area contributed by atoms with Gasteiger partial charge < -0.3 is 9.64 Å². The first-order valence-corrected chi connectivity index (χ1v) is 8.75. The molecule has 0 spiro atoms. The predicted octanol–water partition coefficient (Wildman–Crippen LogP) is 2.40. The second-order valence-corrected chi connectivity index (χ2v) is 6.57. The molecule has 2 heterocycles. The minimum atomic E-state index is 0.823. The fourth-order valence-electron chi connectivity index (χ4n) is 3.97. The third-order valence-corrected chi connectivity index (χ3v) is 5.15. The van der Waals surface area contributed by atoms with Gasteiger partial charge in [-0.3, -0.25) is 0 Å². The molecule has 2 aromatic carbocycles. The van der Waals surface area contributed by atoms with E-state index in [9.17, 15) is 0 Å². The third kappa shape index (κ3) is 2.20. The van der Waals surface area contributed by atoms with E-state index >= 15 is 0 Å². The van der Waals surface area contributed by atoms with Gasteiger partial charge in [-0.2, -0.15) is 0 Å². The Kier molecular flexibility index (Phi) is 3.27. The molecule has 1 aromatic heterocycles. The third-order valence-electron chi connectivity index (χ3n) is 5.15. The van der Waals surface area contributed by atoms with E-state index in [1.807, 2.05) is 0 Å². The molecule has 2 aliphatic rings. The number of benzene rings is 2. The fourth-order valence-corrected chi connectivity index (χ4v) is 3.97. The van der Waals surface area contributed by atoms with Gasteiger partial charge >= 0.3 is 0 Å². The van der Waals surface area contributed by atoms with Gasteiger partial charge in [0, 0.05) is 34.8 Å². The topological polar surface area (TPSA) is 25.4 Å². The molecular weight excluding hydrogens is 296 g/mol. The van der Waals surface area contributed by atoms with E-state index in [0.717, 1.165) is 50.2 Å². The van der Waals surface area contributed by atoms with Gasteiger partial charge in [-0.25, -0.2) is 4.98 Å². The van der Waals surface area contributed by atoms with E-state index < -0.39 is 0 Å². The Morgan fingerprint density at radius 1 is 0.958 bits per heavy atom. The van der Waals surface area contributed by atoms with Crippen LogP contribution in [-0.2, 0) is 4.74 Å². The van der Waals surface area contributed by atoms with Gasteiger partial charge in [0.25, 0.3) is 0 Å². The molecule has 0 bridgehead atoms. The Bertz CT molecular complexity index is 1050. The van der Waals surface area contributed by atoms with E-state index in [0.29, 0.717) is 0 Å². The van der Waals surface area contributed by atoms with Crippen molar-refractivity contribution < 1.29 is 4.74 Å². The normalized spacial score (nSPS) is 17.8. The Morgan fingerprint density at radius 2 is 1.83 bits per heavy atom. The molecule has 0 radical (unpaired) electrons. The van der Waals surface area contributed by atoms with E-state index in [1.165, 1.54) is 26.9 Å². The summed E-state index contributed by atoms with van der Waals surface area (Å²) in [5.74, 6) is 0. The number of rotatable bonds is 1. The molecule has 5 rings (SSSR count). The van der Waals surface area contributed by atoms with Crippen LogP contribution in [0, 0.1) is 0 Å². The fraction of sp³-hybridized carbons (Fsp3) is 0.286. The number of fused-ring (bicyclic) bond motifs is 4. The summed E-state index contributed by atoms with van der Waals surface area (Å²) in [5, 5.41) is 5.11. The lowest BCUT2D eigenvalue weighted by Gasteiger charge is -2.32. The van der Waals surface area contributed by atoms with Crippen LogP contribution in [-0.4, -0.2) is 36.2 Å². The van der Waals surface area contributed by atoms with Crippen molar-refractivity contribution in [3.05, 3.63) is 52.9 Å². The molecule has 3 heteroatoms. The second-order valence-electron chi connectivity index (χ2n) is 6.57.